The Kier molecular flexibility index (Phi) is 3.74. The van der Waals surface area contributed by atoms with Gasteiger partial charge >= 0.3 is 6.03 Å². The monoisotopic (exact) mass is 317 g/mol. The molecule has 8 nitrogen and oxygen atoms in total. The van der Waals surface area contributed by atoms with Gasteiger partial charge in [0.25, 0.3) is 0 Å². The highest BCUT2D eigenvalue weighted by molar-refractivity contribution is 5.76. The van der Waals surface area contributed by atoms with E-state index in [2.05, 4.69) is 20.4 Å². The second-order valence-electron chi connectivity index (χ2n) is 5.95. The summed E-state index contributed by atoms with van der Waals surface area (Å²) in [6, 6.07) is 3.91. The van der Waals surface area contributed by atoms with Gasteiger partial charge in [-0.3, -0.25) is 4.90 Å². The van der Waals surface area contributed by atoms with Crippen LogP contribution in [0.3, 0.4) is 0 Å². The first-order valence-corrected chi connectivity index (χ1v) is 7.93. The quantitative estimate of drug-likeness (QED) is 0.915. The molecule has 2 aromatic heterocycles. The zero-order valence-corrected chi connectivity index (χ0v) is 12.8. The van der Waals surface area contributed by atoms with Crippen LogP contribution in [0.1, 0.15) is 18.7 Å². The van der Waals surface area contributed by atoms with Gasteiger partial charge in [0.1, 0.15) is 0 Å². The minimum absolute atomic E-state index is 0.0507. The summed E-state index contributed by atoms with van der Waals surface area (Å²) in [6.07, 6.45) is 3.70. The summed E-state index contributed by atoms with van der Waals surface area (Å²) in [6.45, 7) is 3.95. The molecular formula is C15H19N5O3. The molecule has 0 spiro atoms. The molecule has 1 atom stereocenters. The molecule has 8 heteroatoms. The number of amides is 2. The first kappa shape index (κ1) is 14.3. The Bertz CT molecular complexity index is 668. The Labute approximate surface area is 133 Å². The van der Waals surface area contributed by atoms with Crippen LogP contribution in [0.2, 0.25) is 0 Å². The number of furan rings is 1. The zero-order valence-electron chi connectivity index (χ0n) is 12.8. The fourth-order valence-electron chi connectivity index (χ4n) is 3.28. The normalized spacial score (nSPS) is 22.5. The lowest BCUT2D eigenvalue weighted by Gasteiger charge is -2.36. The summed E-state index contributed by atoms with van der Waals surface area (Å²) in [7, 11) is 0. The number of nitrogens with zero attached hydrogens (tertiary/aromatic N) is 4. The third kappa shape index (κ3) is 2.94. The van der Waals surface area contributed by atoms with Gasteiger partial charge in [-0.15, -0.1) is 0 Å². The number of carbonyl (C=O) groups excluding carboxylic acids is 1. The lowest BCUT2D eigenvalue weighted by atomic mass is 10.0. The molecule has 2 fully saturated rings. The van der Waals surface area contributed by atoms with Gasteiger partial charge in [0, 0.05) is 25.7 Å². The third-order valence-corrected chi connectivity index (χ3v) is 4.38. The predicted octanol–water partition coefficient (Wildman–Crippen LogP) is 1.32. The maximum Gasteiger partial charge on any atom is 0.317 e. The van der Waals surface area contributed by atoms with Crippen molar-refractivity contribution in [3.63, 3.8) is 0 Å². The van der Waals surface area contributed by atoms with E-state index in [9.17, 15) is 4.79 Å². The van der Waals surface area contributed by atoms with E-state index >= 15 is 0 Å². The number of nitrogens with one attached hydrogen (secondary N) is 1. The van der Waals surface area contributed by atoms with Crippen LogP contribution in [0.4, 0.5) is 4.79 Å². The number of rotatable bonds is 4. The van der Waals surface area contributed by atoms with E-state index < -0.39 is 0 Å². The fourth-order valence-corrected chi connectivity index (χ4v) is 3.28. The molecule has 2 aliphatic heterocycles. The van der Waals surface area contributed by atoms with Crippen molar-refractivity contribution in [1.29, 1.82) is 0 Å². The van der Waals surface area contributed by atoms with Crippen LogP contribution < -0.4 is 5.32 Å². The highest BCUT2D eigenvalue weighted by Crippen LogP contribution is 2.20. The van der Waals surface area contributed by atoms with Crippen molar-refractivity contribution < 1.29 is 13.7 Å². The number of hydrogen-bond acceptors (Lipinski definition) is 6. The molecule has 2 aliphatic rings. The van der Waals surface area contributed by atoms with E-state index in [0.29, 0.717) is 24.0 Å². The van der Waals surface area contributed by atoms with Gasteiger partial charge in [0.05, 0.1) is 12.8 Å². The maximum absolute atomic E-state index is 11.8. The molecular weight excluding hydrogens is 298 g/mol. The van der Waals surface area contributed by atoms with Crippen LogP contribution in [-0.2, 0) is 6.54 Å². The Balaban J connectivity index is 1.39. The first-order valence-electron chi connectivity index (χ1n) is 7.93. The summed E-state index contributed by atoms with van der Waals surface area (Å²) >= 11 is 0. The van der Waals surface area contributed by atoms with Gasteiger partial charge in [-0.2, -0.15) is 4.98 Å². The van der Waals surface area contributed by atoms with E-state index in [1.807, 2.05) is 4.90 Å². The molecule has 23 heavy (non-hydrogen) atoms. The van der Waals surface area contributed by atoms with E-state index in [1.165, 1.54) is 0 Å². The van der Waals surface area contributed by atoms with Gasteiger partial charge in [-0.25, -0.2) is 4.79 Å². The Morgan fingerprint density at radius 3 is 3.13 bits per heavy atom. The predicted molar refractivity (Wildman–Crippen MR) is 80.4 cm³/mol. The van der Waals surface area contributed by atoms with Gasteiger partial charge in [-0.1, -0.05) is 5.16 Å². The lowest BCUT2D eigenvalue weighted by Crippen LogP contribution is -2.48. The summed E-state index contributed by atoms with van der Waals surface area (Å²) in [5, 5.41) is 6.82. The number of likely N-dealkylation sites (tertiary alicyclic amines) is 1. The van der Waals surface area contributed by atoms with Crippen LogP contribution in [0.25, 0.3) is 11.6 Å². The molecule has 4 rings (SSSR count). The topological polar surface area (TPSA) is 87.6 Å². The van der Waals surface area contributed by atoms with E-state index in [4.69, 9.17) is 8.94 Å². The average molecular weight is 317 g/mol. The molecule has 0 radical (unpaired) electrons. The molecule has 0 saturated carbocycles. The summed E-state index contributed by atoms with van der Waals surface area (Å²) in [4.78, 5) is 20.4. The summed E-state index contributed by atoms with van der Waals surface area (Å²) in [5.41, 5.74) is 0. The molecule has 0 bridgehead atoms. The van der Waals surface area contributed by atoms with Crippen molar-refractivity contribution in [2.75, 3.05) is 26.2 Å². The second-order valence-corrected chi connectivity index (χ2v) is 5.95. The third-order valence-electron chi connectivity index (χ3n) is 4.38. The molecule has 1 N–H and O–H groups in total. The number of aromatic nitrogens is 2. The van der Waals surface area contributed by atoms with Gasteiger partial charge in [0.2, 0.25) is 11.7 Å². The summed E-state index contributed by atoms with van der Waals surface area (Å²) < 4.78 is 10.6. The standard InChI is InChI=1S/C15H19N5O3/c21-15-16-5-7-20(15)11-3-1-6-19(9-11)10-13-17-14(18-23-13)12-4-2-8-22-12/h2,4,8,11H,1,3,5-7,9-10H2,(H,16,21)/t11-/m1/s1. The minimum atomic E-state index is 0.0507. The van der Waals surface area contributed by atoms with Crippen molar-refractivity contribution in [2.24, 2.45) is 0 Å². The number of hydrogen-bond donors (Lipinski definition) is 1. The number of urea groups is 1. The molecule has 0 unspecified atom stereocenters. The van der Waals surface area contributed by atoms with Crippen LogP contribution in [0.15, 0.2) is 27.3 Å². The highest BCUT2D eigenvalue weighted by atomic mass is 16.5. The molecule has 122 valence electrons. The molecule has 0 aliphatic carbocycles. The SMILES string of the molecule is O=C1NCCN1[C@@H]1CCCN(Cc2nc(-c3ccco3)no2)C1. The van der Waals surface area contributed by atoms with E-state index in [1.54, 1.807) is 18.4 Å². The smallest absolute Gasteiger partial charge is 0.317 e. The number of piperidine rings is 1. The molecule has 2 aromatic rings. The van der Waals surface area contributed by atoms with Crippen molar-refractivity contribution in [2.45, 2.75) is 25.4 Å². The van der Waals surface area contributed by atoms with Crippen LogP contribution in [0.5, 0.6) is 0 Å². The maximum atomic E-state index is 11.8. The van der Waals surface area contributed by atoms with E-state index in [-0.39, 0.29) is 12.1 Å². The largest absolute Gasteiger partial charge is 0.461 e. The first-order chi connectivity index (χ1) is 11.3. The molecule has 2 saturated heterocycles. The lowest BCUT2D eigenvalue weighted by molar-refractivity contribution is 0.113. The minimum Gasteiger partial charge on any atom is -0.461 e. The zero-order chi connectivity index (χ0) is 15.6. The Morgan fingerprint density at radius 2 is 2.35 bits per heavy atom. The van der Waals surface area contributed by atoms with Crippen LogP contribution in [0, 0.1) is 0 Å². The summed E-state index contributed by atoms with van der Waals surface area (Å²) in [5.74, 6) is 1.64. The van der Waals surface area contributed by atoms with Gasteiger partial charge in [-0.05, 0) is 31.5 Å². The van der Waals surface area contributed by atoms with Crippen molar-refractivity contribution >= 4 is 6.03 Å². The average Bonchev–Trinajstić information content (AvgIpc) is 3.28. The van der Waals surface area contributed by atoms with Gasteiger partial charge < -0.3 is 19.2 Å². The second kappa shape index (κ2) is 6.04. The highest BCUT2D eigenvalue weighted by Gasteiger charge is 2.31. The Hall–Kier alpha value is -2.35. The van der Waals surface area contributed by atoms with E-state index in [0.717, 1.165) is 39.0 Å². The number of carbonyl (C=O) groups is 1. The molecule has 2 amide bonds. The van der Waals surface area contributed by atoms with Crippen molar-refractivity contribution in [1.82, 2.24) is 25.3 Å². The van der Waals surface area contributed by atoms with Crippen LogP contribution >= 0.6 is 0 Å². The van der Waals surface area contributed by atoms with Crippen molar-refractivity contribution in [3.05, 3.63) is 24.3 Å². The van der Waals surface area contributed by atoms with Crippen molar-refractivity contribution in [3.8, 4) is 11.6 Å². The van der Waals surface area contributed by atoms with Crippen LogP contribution in [-0.4, -0.2) is 58.2 Å². The molecule has 0 aromatic carbocycles. The molecule has 4 heterocycles. The Morgan fingerprint density at radius 1 is 1.39 bits per heavy atom. The van der Waals surface area contributed by atoms with Gasteiger partial charge in [0.15, 0.2) is 5.76 Å². The fraction of sp³-hybridized carbons (Fsp3) is 0.533.